The first-order chi connectivity index (χ1) is 8.49. The summed E-state index contributed by atoms with van der Waals surface area (Å²) >= 11 is 0. The smallest absolute Gasteiger partial charge is 0.123 e. The van der Waals surface area contributed by atoms with Crippen molar-refractivity contribution in [2.75, 3.05) is 19.7 Å². The second kappa shape index (κ2) is 6.79. The Labute approximate surface area is 112 Å². The van der Waals surface area contributed by atoms with Gasteiger partial charge in [-0.1, -0.05) is 46.8 Å². The van der Waals surface area contributed by atoms with Crippen molar-refractivity contribution in [3.8, 4) is 5.75 Å². The molecule has 0 aliphatic rings. The second-order valence-corrected chi connectivity index (χ2v) is 5.64. The molecule has 0 aliphatic heterocycles. The summed E-state index contributed by atoms with van der Waals surface area (Å²) in [5, 5.41) is 3.27. The van der Waals surface area contributed by atoms with Crippen molar-refractivity contribution in [2.24, 2.45) is 0 Å². The Kier molecular flexibility index (Phi) is 5.67. The quantitative estimate of drug-likeness (QED) is 0.779. The van der Waals surface area contributed by atoms with Crippen molar-refractivity contribution in [3.63, 3.8) is 0 Å². The van der Waals surface area contributed by atoms with Crippen LogP contribution in [0.4, 0.5) is 0 Å². The predicted molar refractivity (Wildman–Crippen MR) is 78.6 cm³/mol. The number of hydrogen-bond donors (Lipinski definition) is 1. The van der Waals surface area contributed by atoms with E-state index in [0.717, 1.165) is 31.9 Å². The van der Waals surface area contributed by atoms with Crippen LogP contribution in [0.3, 0.4) is 0 Å². The van der Waals surface area contributed by atoms with Gasteiger partial charge in [0.15, 0.2) is 0 Å². The highest BCUT2D eigenvalue weighted by molar-refractivity contribution is 5.41. The Balaban J connectivity index is 2.82. The van der Waals surface area contributed by atoms with Crippen molar-refractivity contribution in [1.82, 2.24) is 5.32 Å². The van der Waals surface area contributed by atoms with Gasteiger partial charge < -0.3 is 10.1 Å². The first-order valence-electron chi connectivity index (χ1n) is 6.96. The molecule has 0 atom stereocenters. The molecule has 0 aromatic heterocycles. The molecule has 0 aliphatic carbocycles. The van der Waals surface area contributed by atoms with E-state index in [9.17, 15) is 0 Å². The van der Waals surface area contributed by atoms with Gasteiger partial charge in [-0.05, 0) is 35.6 Å². The van der Waals surface area contributed by atoms with E-state index in [1.54, 1.807) is 0 Å². The van der Waals surface area contributed by atoms with E-state index < -0.39 is 0 Å². The predicted octanol–water partition coefficient (Wildman–Crippen LogP) is 3.53. The van der Waals surface area contributed by atoms with Crippen LogP contribution < -0.4 is 10.1 Å². The average molecular weight is 249 g/mol. The third kappa shape index (κ3) is 4.34. The molecule has 18 heavy (non-hydrogen) atoms. The van der Waals surface area contributed by atoms with Gasteiger partial charge in [0.1, 0.15) is 12.4 Å². The SMILES string of the molecule is CCNCCOc1ccc(CC)cc1C(C)(C)C. The Hall–Kier alpha value is -1.02. The van der Waals surface area contributed by atoms with Crippen molar-refractivity contribution >= 4 is 0 Å². The number of ether oxygens (including phenoxy) is 1. The van der Waals surface area contributed by atoms with Crippen LogP contribution in [0.5, 0.6) is 5.75 Å². The van der Waals surface area contributed by atoms with Gasteiger partial charge in [-0.2, -0.15) is 0 Å². The topological polar surface area (TPSA) is 21.3 Å². The highest BCUT2D eigenvalue weighted by Gasteiger charge is 2.19. The van der Waals surface area contributed by atoms with Gasteiger partial charge in [-0.3, -0.25) is 0 Å². The van der Waals surface area contributed by atoms with Crippen LogP contribution >= 0.6 is 0 Å². The lowest BCUT2D eigenvalue weighted by atomic mass is 9.85. The van der Waals surface area contributed by atoms with E-state index in [1.165, 1.54) is 11.1 Å². The summed E-state index contributed by atoms with van der Waals surface area (Å²) in [7, 11) is 0. The number of nitrogens with one attached hydrogen (secondary N) is 1. The van der Waals surface area contributed by atoms with E-state index in [4.69, 9.17) is 4.74 Å². The molecule has 0 spiro atoms. The maximum absolute atomic E-state index is 5.90. The van der Waals surface area contributed by atoms with Crippen molar-refractivity contribution in [1.29, 1.82) is 0 Å². The maximum Gasteiger partial charge on any atom is 0.123 e. The molecule has 1 rings (SSSR count). The molecule has 102 valence electrons. The minimum absolute atomic E-state index is 0.124. The number of aryl methyl sites for hydroxylation is 1. The molecule has 0 radical (unpaired) electrons. The van der Waals surface area contributed by atoms with E-state index in [2.05, 4.69) is 58.1 Å². The van der Waals surface area contributed by atoms with Crippen LogP contribution in [0.1, 0.15) is 45.7 Å². The fourth-order valence-corrected chi connectivity index (χ4v) is 1.92. The molecule has 0 amide bonds. The minimum atomic E-state index is 0.124. The Bertz CT molecular complexity index is 366. The Morgan fingerprint density at radius 3 is 2.44 bits per heavy atom. The van der Waals surface area contributed by atoms with Gasteiger partial charge in [0, 0.05) is 6.54 Å². The summed E-state index contributed by atoms with van der Waals surface area (Å²) in [4.78, 5) is 0. The van der Waals surface area contributed by atoms with Gasteiger partial charge >= 0.3 is 0 Å². The number of benzene rings is 1. The molecule has 2 heteroatoms. The highest BCUT2D eigenvalue weighted by Crippen LogP contribution is 2.32. The van der Waals surface area contributed by atoms with Crippen molar-refractivity contribution < 1.29 is 4.74 Å². The zero-order valence-corrected chi connectivity index (χ0v) is 12.5. The fourth-order valence-electron chi connectivity index (χ4n) is 1.92. The van der Waals surface area contributed by atoms with Crippen LogP contribution in [0.2, 0.25) is 0 Å². The minimum Gasteiger partial charge on any atom is -0.492 e. The van der Waals surface area contributed by atoms with Crippen LogP contribution in [0, 0.1) is 0 Å². The molecule has 2 nitrogen and oxygen atoms in total. The molecule has 1 N–H and O–H groups in total. The fraction of sp³-hybridized carbons (Fsp3) is 0.625. The van der Waals surface area contributed by atoms with Crippen LogP contribution in [-0.2, 0) is 11.8 Å². The van der Waals surface area contributed by atoms with E-state index in [0.29, 0.717) is 0 Å². The molecule has 0 saturated heterocycles. The lowest BCUT2D eigenvalue weighted by Gasteiger charge is -2.23. The summed E-state index contributed by atoms with van der Waals surface area (Å²) in [6.07, 6.45) is 1.07. The number of likely N-dealkylation sites (N-methyl/N-ethyl adjacent to an activating group) is 1. The van der Waals surface area contributed by atoms with E-state index >= 15 is 0 Å². The van der Waals surface area contributed by atoms with E-state index in [-0.39, 0.29) is 5.41 Å². The van der Waals surface area contributed by atoms with Gasteiger partial charge in [-0.15, -0.1) is 0 Å². The average Bonchev–Trinajstić information content (AvgIpc) is 2.33. The number of hydrogen-bond acceptors (Lipinski definition) is 2. The summed E-state index contributed by atoms with van der Waals surface area (Å²) in [5.74, 6) is 1.03. The summed E-state index contributed by atoms with van der Waals surface area (Å²) in [6, 6.07) is 6.56. The third-order valence-corrected chi connectivity index (χ3v) is 3.05. The lowest BCUT2D eigenvalue weighted by molar-refractivity contribution is 0.307. The third-order valence-electron chi connectivity index (χ3n) is 3.05. The van der Waals surface area contributed by atoms with Gasteiger partial charge in [-0.25, -0.2) is 0 Å². The largest absolute Gasteiger partial charge is 0.492 e. The molecular weight excluding hydrogens is 222 g/mol. The monoisotopic (exact) mass is 249 g/mol. The normalized spacial score (nSPS) is 11.6. The molecule has 0 fully saturated rings. The molecular formula is C16H27NO. The van der Waals surface area contributed by atoms with Crippen molar-refractivity contribution in [3.05, 3.63) is 29.3 Å². The van der Waals surface area contributed by atoms with Crippen molar-refractivity contribution in [2.45, 2.75) is 46.5 Å². The summed E-state index contributed by atoms with van der Waals surface area (Å²) in [5.41, 5.74) is 2.80. The molecule has 0 bridgehead atoms. The molecule has 0 heterocycles. The van der Waals surface area contributed by atoms with E-state index in [1.807, 2.05) is 0 Å². The first kappa shape index (κ1) is 15.0. The summed E-state index contributed by atoms with van der Waals surface area (Å²) in [6.45, 7) is 13.6. The molecule has 0 unspecified atom stereocenters. The number of rotatable bonds is 6. The molecule has 1 aromatic rings. The van der Waals surface area contributed by atoms with Gasteiger partial charge in [0.2, 0.25) is 0 Å². The zero-order chi connectivity index (χ0) is 13.6. The summed E-state index contributed by atoms with van der Waals surface area (Å²) < 4.78 is 5.90. The van der Waals surface area contributed by atoms with Gasteiger partial charge in [0.25, 0.3) is 0 Å². The lowest BCUT2D eigenvalue weighted by Crippen LogP contribution is -2.21. The second-order valence-electron chi connectivity index (χ2n) is 5.64. The molecule has 0 saturated carbocycles. The van der Waals surface area contributed by atoms with Crippen LogP contribution in [0.15, 0.2) is 18.2 Å². The first-order valence-corrected chi connectivity index (χ1v) is 6.96. The molecule has 1 aromatic carbocycles. The Morgan fingerprint density at radius 1 is 1.17 bits per heavy atom. The van der Waals surface area contributed by atoms with Crippen LogP contribution in [-0.4, -0.2) is 19.7 Å². The highest BCUT2D eigenvalue weighted by atomic mass is 16.5. The maximum atomic E-state index is 5.90. The van der Waals surface area contributed by atoms with Crippen LogP contribution in [0.25, 0.3) is 0 Å². The van der Waals surface area contributed by atoms with Gasteiger partial charge in [0.05, 0.1) is 0 Å². The standard InChI is InChI=1S/C16H27NO/c1-6-13-8-9-15(18-11-10-17-7-2)14(12-13)16(3,4)5/h8-9,12,17H,6-7,10-11H2,1-5H3. The zero-order valence-electron chi connectivity index (χ0n) is 12.5. The Morgan fingerprint density at radius 2 is 1.89 bits per heavy atom.